The van der Waals surface area contributed by atoms with E-state index in [-0.39, 0.29) is 11.3 Å². The molecule has 0 aliphatic heterocycles. The van der Waals surface area contributed by atoms with Crippen LogP contribution in [0.2, 0.25) is 0 Å². The van der Waals surface area contributed by atoms with Gasteiger partial charge in [-0.15, -0.1) is 0 Å². The first-order valence-electron chi connectivity index (χ1n) is 6.64. The van der Waals surface area contributed by atoms with Crippen LogP contribution in [0.3, 0.4) is 0 Å². The number of carbonyl (C=O) groups excluding carboxylic acids is 1. The monoisotopic (exact) mass is 272 g/mol. The number of pyridine rings is 1. The minimum Gasteiger partial charge on any atom is -0.348 e. The van der Waals surface area contributed by atoms with Gasteiger partial charge in [0.15, 0.2) is 0 Å². The Hall–Kier alpha value is -2.17. The molecule has 2 aromatic rings. The molecule has 0 atom stereocenters. The van der Waals surface area contributed by atoms with Crippen LogP contribution in [0.5, 0.6) is 0 Å². The van der Waals surface area contributed by atoms with E-state index in [1.54, 1.807) is 18.6 Å². The Kier molecular flexibility index (Phi) is 4.17. The molecular weight excluding hydrogens is 252 g/mol. The fourth-order valence-corrected chi connectivity index (χ4v) is 1.76. The number of nitrogens with one attached hydrogen (secondary N) is 1. The van der Waals surface area contributed by atoms with Crippen LogP contribution in [0, 0.1) is 5.41 Å². The van der Waals surface area contributed by atoms with Crippen LogP contribution >= 0.6 is 0 Å². The second kappa shape index (κ2) is 5.86. The van der Waals surface area contributed by atoms with Gasteiger partial charge in [-0.05, 0) is 17.7 Å². The third-order valence-corrected chi connectivity index (χ3v) is 2.99. The normalized spacial score (nSPS) is 11.3. The molecule has 2 aromatic heterocycles. The number of rotatable bonds is 4. The lowest BCUT2D eigenvalue weighted by Gasteiger charge is -2.17. The number of imidazole rings is 1. The first kappa shape index (κ1) is 14.2. The van der Waals surface area contributed by atoms with E-state index in [2.05, 4.69) is 15.3 Å². The Morgan fingerprint density at radius 2 is 1.95 bits per heavy atom. The molecule has 1 amide bonds. The highest BCUT2D eigenvalue weighted by atomic mass is 16.2. The average Bonchev–Trinajstić information content (AvgIpc) is 2.83. The van der Waals surface area contributed by atoms with Crippen molar-refractivity contribution < 1.29 is 4.79 Å². The van der Waals surface area contributed by atoms with Gasteiger partial charge in [-0.1, -0.05) is 20.8 Å². The van der Waals surface area contributed by atoms with E-state index in [1.165, 1.54) is 0 Å². The van der Waals surface area contributed by atoms with Crippen LogP contribution in [0.1, 0.15) is 32.2 Å². The highest BCUT2D eigenvalue weighted by molar-refractivity contribution is 5.81. The summed E-state index contributed by atoms with van der Waals surface area (Å²) in [5.74, 6) is 0.871. The predicted octanol–water partition coefficient (Wildman–Crippen LogP) is 1.99. The number of hydrogen-bond donors (Lipinski definition) is 1. The minimum absolute atomic E-state index is 0.0240. The highest BCUT2D eigenvalue weighted by Crippen LogP contribution is 2.13. The highest BCUT2D eigenvalue weighted by Gasteiger charge is 2.21. The lowest BCUT2D eigenvalue weighted by atomic mass is 9.96. The topological polar surface area (TPSA) is 59.8 Å². The second-order valence-corrected chi connectivity index (χ2v) is 5.76. The van der Waals surface area contributed by atoms with Crippen LogP contribution < -0.4 is 5.32 Å². The van der Waals surface area contributed by atoms with Crippen molar-refractivity contribution in [2.24, 2.45) is 5.41 Å². The van der Waals surface area contributed by atoms with Crippen molar-refractivity contribution in [2.45, 2.75) is 33.9 Å². The molecule has 106 valence electrons. The van der Waals surface area contributed by atoms with Crippen molar-refractivity contribution >= 4 is 5.91 Å². The van der Waals surface area contributed by atoms with Crippen molar-refractivity contribution in [3.8, 4) is 0 Å². The predicted molar refractivity (Wildman–Crippen MR) is 76.9 cm³/mol. The van der Waals surface area contributed by atoms with Gasteiger partial charge in [0.2, 0.25) is 5.91 Å². The molecule has 0 spiro atoms. The molecule has 0 bridgehead atoms. The summed E-state index contributed by atoms with van der Waals surface area (Å²) in [7, 11) is 0. The number of aromatic nitrogens is 3. The number of hydrogen-bond acceptors (Lipinski definition) is 3. The van der Waals surface area contributed by atoms with Gasteiger partial charge >= 0.3 is 0 Å². The summed E-state index contributed by atoms with van der Waals surface area (Å²) >= 11 is 0. The first-order chi connectivity index (χ1) is 9.47. The molecule has 0 saturated heterocycles. The Bertz CT molecular complexity index is 569. The quantitative estimate of drug-likeness (QED) is 0.926. The SMILES string of the molecule is CC(C)(C)C(=O)NCc1nccn1Cc1ccncc1. The zero-order valence-corrected chi connectivity index (χ0v) is 12.1. The van der Waals surface area contributed by atoms with Crippen LogP contribution in [0.25, 0.3) is 0 Å². The lowest BCUT2D eigenvalue weighted by Crippen LogP contribution is -2.35. The maximum absolute atomic E-state index is 11.9. The van der Waals surface area contributed by atoms with E-state index in [0.29, 0.717) is 6.54 Å². The molecule has 5 heteroatoms. The van der Waals surface area contributed by atoms with Gasteiger partial charge in [-0.3, -0.25) is 9.78 Å². The summed E-state index contributed by atoms with van der Waals surface area (Å²) in [5, 5.41) is 2.92. The van der Waals surface area contributed by atoms with Crippen molar-refractivity contribution in [1.82, 2.24) is 19.9 Å². The van der Waals surface area contributed by atoms with Crippen molar-refractivity contribution in [2.75, 3.05) is 0 Å². The van der Waals surface area contributed by atoms with Gasteiger partial charge in [0.25, 0.3) is 0 Å². The fourth-order valence-electron chi connectivity index (χ4n) is 1.76. The van der Waals surface area contributed by atoms with Gasteiger partial charge < -0.3 is 9.88 Å². The first-order valence-corrected chi connectivity index (χ1v) is 6.64. The summed E-state index contributed by atoms with van der Waals surface area (Å²) < 4.78 is 2.03. The van der Waals surface area contributed by atoms with E-state index in [0.717, 1.165) is 17.9 Å². The van der Waals surface area contributed by atoms with Gasteiger partial charge in [-0.25, -0.2) is 4.98 Å². The molecule has 0 aliphatic rings. The van der Waals surface area contributed by atoms with Crippen LogP contribution in [0.15, 0.2) is 36.9 Å². The van der Waals surface area contributed by atoms with Gasteiger partial charge in [0.05, 0.1) is 6.54 Å². The molecule has 5 nitrogen and oxygen atoms in total. The van der Waals surface area contributed by atoms with E-state index < -0.39 is 0 Å². The summed E-state index contributed by atoms with van der Waals surface area (Å²) in [4.78, 5) is 20.2. The third kappa shape index (κ3) is 3.66. The summed E-state index contributed by atoms with van der Waals surface area (Å²) in [5.41, 5.74) is 0.768. The molecule has 0 aromatic carbocycles. The molecule has 2 rings (SSSR count). The zero-order chi connectivity index (χ0) is 14.6. The summed E-state index contributed by atoms with van der Waals surface area (Å²) in [6.07, 6.45) is 7.21. The molecule has 0 aliphatic carbocycles. The van der Waals surface area contributed by atoms with Crippen LogP contribution in [-0.4, -0.2) is 20.4 Å². The zero-order valence-electron chi connectivity index (χ0n) is 12.1. The number of nitrogens with zero attached hydrogens (tertiary/aromatic N) is 3. The average molecular weight is 272 g/mol. The molecule has 0 radical (unpaired) electrons. The van der Waals surface area contributed by atoms with Crippen molar-refractivity contribution in [1.29, 1.82) is 0 Å². The van der Waals surface area contributed by atoms with Crippen molar-refractivity contribution in [3.63, 3.8) is 0 Å². The smallest absolute Gasteiger partial charge is 0.225 e. The Balaban J connectivity index is 2.01. The minimum atomic E-state index is -0.386. The van der Waals surface area contributed by atoms with E-state index in [9.17, 15) is 4.79 Å². The molecular formula is C15H20N4O. The Labute approximate surface area is 119 Å². The number of carbonyl (C=O) groups is 1. The molecule has 1 N–H and O–H groups in total. The maximum atomic E-state index is 11.9. The van der Waals surface area contributed by atoms with Crippen LogP contribution in [-0.2, 0) is 17.9 Å². The second-order valence-electron chi connectivity index (χ2n) is 5.76. The summed E-state index contributed by atoms with van der Waals surface area (Å²) in [6.45, 7) is 6.85. The third-order valence-electron chi connectivity index (χ3n) is 2.99. The number of amides is 1. The lowest BCUT2D eigenvalue weighted by molar-refractivity contribution is -0.128. The van der Waals surface area contributed by atoms with E-state index >= 15 is 0 Å². The Morgan fingerprint density at radius 1 is 1.25 bits per heavy atom. The van der Waals surface area contributed by atoms with E-state index in [1.807, 2.05) is 43.7 Å². The van der Waals surface area contributed by atoms with Crippen LogP contribution in [0.4, 0.5) is 0 Å². The molecule has 20 heavy (non-hydrogen) atoms. The standard InChI is InChI=1S/C15H20N4O/c1-15(2,3)14(20)18-10-13-17-8-9-19(13)11-12-4-6-16-7-5-12/h4-9H,10-11H2,1-3H3,(H,18,20). The van der Waals surface area contributed by atoms with Gasteiger partial charge in [-0.2, -0.15) is 0 Å². The largest absolute Gasteiger partial charge is 0.348 e. The summed E-state index contributed by atoms with van der Waals surface area (Å²) in [6, 6.07) is 3.94. The maximum Gasteiger partial charge on any atom is 0.225 e. The van der Waals surface area contributed by atoms with Gasteiger partial charge in [0, 0.05) is 36.7 Å². The Morgan fingerprint density at radius 3 is 2.60 bits per heavy atom. The van der Waals surface area contributed by atoms with Crippen molar-refractivity contribution in [3.05, 3.63) is 48.3 Å². The fraction of sp³-hybridized carbons (Fsp3) is 0.400. The molecule has 0 unspecified atom stereocenters. The van der Waals surface area contributed by atoms with Gasteiger partial charge in [0.1, 0.15) is 5.82 Å². The van der Waals surface area contributed by atoms with E-state index in [4.69, 9.17) is 0 Å². The molecule has 0 saturated carbocycles. The molecule has 2 heterocycles. The molecule has 0 fully saturated rings.